The van der Waals surface area contributed by atoms with Crippen molar-refractivity contribution >= 4 is 5.91 Å². The molecule has 2 aromatic rings. The first-order chi connectivity index (χ1) is 11.1. The Morgan fingerprint density at radius 3 is 2.61 bits per heavy atom. The summed E-state index contributed by atoms with van der Waals surface area (Å²) in [4.78, 5) is 14.1. The van der Waals surface area contributed by atoms with Crippen molar-refractivity contribution in [3.63, 3.8) is 0 Å². The van der Waals surface area contributed by atoms with Crippen LogP contribution in [0.3, 0.4) is 0 Å². The molecule has 2 atom stereocenters. The zero-order valence-electron chi connectivity index (χ0n) is 13.4. The van der Waals surface area contributed by atoms with E-state index < -0.39 is 6.10 Å². The fourth-order valence-electron chi connectivity index (χ4n) is 2.35. The molecule has 1 aromatic carbocycles. The van der Waals surface area contributed by atoms with Crippen LogP contribution in [-0.2, 0) is 11.3 Å². The number of furan rings is 1. The van der Waals surface area contributed by atoms with Crippen LogP contribution in [0, 0.1) is 0 Å². The summed E-state index contributed by atoms with van der Waals surface area (Å²) in [6.07, 6.45) is 1.67. The van der Waals surface area contributed by atoms with Crippen LogP contribution in [-0.4, -0.2) is 28.5 Å². The smallest absolute Gasteiger partial charge is 0.223 e. The van der Waals surface area contributed by atoms with E-state index in [4.69, 9.17) is 10.2 Å². The highest BCUT2D eigenvalue weighted by Crippen LogP contribution is 2.17. The first-order valence-corrected chi connectivity index (χ1v) is 7.85. The molecule has 2 unspecified atom stereocenters. The van der Waals surface area contributed by atoms with Gasteiger partial charge in [-0.2, -0.15) is 0 Å². The van der Waals surface area contributed by atoms with E-state index in [2.05, 4.69) is 0 Å². The van der Waals surface area contributed by atoms with Crippen molar-refractivity contribution in [1.29, 1.82) is 0 Å². The molecular formula is C18H24N2O3. The maximum Gasteiger partial charge on any atom is 0.223 e. The highest BCUT2D eigenvalue weighted by molar-refractivity contribution is 5.76. The summed E-state index contributed by atoms with van der Waals surface area (Å²) >= 11 is 0. The second kappa shape index (κ2) is 8.50. The second-order valence-electron chi connectivity index (χ2n) is 5.81. The van der Waals surface area contributed by atoms with Gasteiger partial charge in [-0.25, -0.2) is 0 Å². The van der Waals surface area contributed by atoms with Gasteiger partial charge in [-0.15, -0.1) is 0 Å². The molecule has 23 heavy (non-hydrogen) atoms. The largest absolute Gasteiger partial charge is 0.467 e. The molecule has 0 radical (unpaired) electrons. The molecule has 0 fully saturated rings. The topological polar surface area (TPSA) is 79.7 Å². The molecule has 5 heteroatoms. The summed E-state index contributed by atoms with van der Waals surface area (Å²) in [5.74, 6) is 0.444. The van der Waals surface area contributed by atoms with Gasteiger partial charge in [0.15, 0.2) is 0 Å². The number of aliphatic hydroxyl groups excluding tert-OH is 1. The summed E-state index contributed by atoms with van der Waals surface area (Å²) < 4.78 is 5.22. The van der Waals surface area contributed by atoms with E-state index in [1.165, 1.54) is 6.26 Å². The molecule has 1 aromatic heterocycles. The lowest BCUT2D eigenvalue weighted by Crippen LogP contribution is -2.35. The average Bonchev–Trinajstić information content (AvgIpc) is 3.07. The number of carbonyl (C=O) groups excluding carboxylic acids is 1. The average molecular weight is 316 g/mol. The van der Waals surface area contributed by atoms with Gasteiger partial charge in [-0.3, -0.25) is 4.79 Å². The van der Waals surface area contributed by atoms with Crippen LogP contribution < -0.4 is 5.73 Å². The van der Waals surface area contributed by atoms with Crippen molar-refractivity contribution in [1.82, 2.24) is 4.90 Å². The normalized spacial score (nSPS) is 13.5. The van der Waals surface area contributed by atoms with Crippen molar-refractivity contribution < 1.29 is 14.3 Å². The molecule has 2 rings (SSSR count). The minimum atomic E-state index is -0.840. The molecule has 124 valence electrons. The lowest BCUT2D eigenvalue weighted by Gasteiger charge is -2.25. The Balaban J connectivity index is 2.05. The highest BCUT2D eigenvalue weighted by Gasteiger charge is 2.20. The predicted octanol–water partition coefficient (Wildman–Crippen LogP) is 2.47. The molecule has 1 heterocycles. The van der Waals surface area contributed by atoms with E-state index in [0.717, 1.165) is 5.56 Å². The van der Waals surface area contributed by atoms with Crippen molar-refractivity contribution in [3.8, 4) is 0 Å². The summed E-state index contributed by atoms with van der Waals surface area (Å²) in [7, 11) is 0. The number of hydrogen-bond acceptors (Lipinski definition) is 4. The number of hydrogen-bond donors (Lipinski definition) is 2. The standard InChI is InChI=1S/C18H24N2O3/c1-14(19)9-10-18(22)20(12-15-6-3-2-4-7-15)13-16(21)17-8-5-11-23-17/h2-8,11,14,16,21H,9-10,12-13,19H2,1H3. The minimum Gasteiger partial charge on any atom is -0.467 e. The Labute approximate surface area is 136 Å². The van der Waals surface area contributed by atoms with E-state index >= 15 is 0 Å². The van der Waals surface area contributed by atoms with Gasteiger partial charge < -0.3 is 20.2 Å². The molecule has 0 saturated carbocycles. The number of benzene rings is 1. The van der Waals surface area contributed by atoms with Crippen LogP contribution >= 0.6 is 0 Å². The van der Waals surface area contributed by atoms with Gasteiger partial charge in [0.25, 0.3) is 0 Å². The highest BCUT2D eigenvalue weighted by atomic mass is 16.4. The lowest BCUT2D eigenvalue weighted by molar-refractivity contribution is -0.133. The second-order valence-corrected chi connectivity index (χ2v) is 5.81. The Morgan fingerprint density at radius 2 is 2.00 bits per heavy atom. The molecule has 5 nitrogen and oxygen atoms in total. The molecule has 0 saturated heterocycles. The zero-order valence-corrected chi connectivity index (χ0v) is 13.4. The number of nitrogens with zero attached hydrogens (tertiary/aromatic N) is 1. The maximum atomic E-state index is 12.5. The van der Waals surface area contributed by atoms with Crippen molar-refractivity contribution in [3.05, 3.63) is 60.1 Å². The Kier molecular flexibility index (Phi) is 6.38. The number of rotatable bonds is 8. The van der Waals surface area contributed by atoms with E-state index in [1.807, 2.05) is 37.3 Å². The quantitative estimate of drug-likeness (QED) is 0.784. The summed E-state index contributed by atoms with van der Waals surface area (Å²) in [5, 5.41) is 10.3. The van der Waals surface area contributed by atoms with E-state index in [0.29, 0.717) is 25.1 Å². The summed E-state index contributed by atoms with van der Waals surface area (Å²) in [6.45, 7) is 2.53. The SMILES string of the molecule is CC(N)CCC(=O)N(Cc1ccccc1)CC(O)c1ccco1. The van der Waals surface area contributed by atoms with Crippen LogP contribution in [0.1, 0.15) is 37.2 Å². The Bertz CT molecular complexity index is 582. The number of carbonyl (C=O) groups is 1. The van der Waals surface area contributed by atoms with Crippen LogP contribution in [0.25, 0.3) is 0 Å². The van der Waals surface area contributed by atoms with Crippen molar-refractivity contribution in [2.75, 3.05) is 6.54 Å². The molecule has 0 aliphatic rings. The third kappa shape index (κ3) is 5.54. The van der Waals surface area contributed by atoms with Crippen LogP contribution in [0.5, 0.6) is 0 Å². The zero-order chi connectivity index (χ0) is 16.7. The molecular weight excluding hydrogens is 292 g/mol. The van der Waals surface area contributed by atoms with Gasteiger partial charge in [-0.1, -0.05) is 30.3 Å². The van der Waals surface area contributed by atoms with Gasteiger partial charge in [0.2, 0.25) is 5.91 Å². The Hall–Kier alpha value is -2.11. The van der Waals surface area contributed by atoms with Gasteiger partial charge in [-0.05, 0) is 31.0 Å². The van der Waals surface area contributed by atoms with Gasteiger partial charge in [0.1, 0.15) is 11.9 Å². The first kappa shape index (κ1) is 17.2. The van der Waals surface area contributed by atoms with Crippen molar-refractivity contribution in [2.45, 2.75) is 38.5 Å². The van der Waals surface area contributed by atoms with Gasteiger partial charge in [0, 0.05) is 19.0 Å². The molecule has 0 spiro atoms. The minimum absolute atomic E-state index is 0.0169. The maximum absolute atomic E-state index is 12.5. The summed E-state index contributed by atoms with van der Waals surface area (Å²) in [6, 6.07) is 13.1. The van der Waals surface area contributed by atoms with Crippen LogP contribution in [0.15, 0.2) is 53.1 Å². The van der Waals surface area contributed by atoms with Gasteiger partial charge >= 0.3 is 0 Å². The molecule has 0 aliphatic heterocycles. The van der Waals surface area contributed by atoms with E-state index in [-0.39, 0.29) is 18.5 Å². The van der Waals surface area contributed by atoms with Crippen molar-refractivity contribution in [2.24, 2.45) is 5.73 Å². The molecule has 1 amide bonds. The molecule has 0 aliphatic carbocycles. The van der Waals surface area contributed by atoms with E-state index in [9.17, 15) is 9.90 Å². The van der Waals surface area contributed by atoms with Crippen LogP contribution in [0.2, 0.25) is 0 Å². The first-order valence-electron chi connectivity index (χ1n) is 7.85. The summed E-state index contributed by atoms with van der Waals surface area (Å²) in [5.41, 5.74) is 6.76. The molecule has 0 bridgehead atoms. The fourth-order valence-corrected chi connectivity index (χ4v) is 2.35. The van der Waals surface area contributed by atoms with Gasteiger partial charge in [0.05, 0.1) is 12.8 Å². The lowest BCUT2D eigenvalue weighted by atomic mass is 10.1. The third-order valence-electron chi connectivity index (χ3n) is 3.65. The third-order valence-corrected chi connectivity index (χ3v) is 3.65. The fraction of sp³-hybridized carbons (Fsp3) is 0.389. The predicted molar refractivity (Wildman–Crippen MR) is 88.4 cm³/mol. The monoisotopic (exact) mass is 316 g/mol. The number of aliphatic hydroxyl groups is 1. The number of nitrogens with two attached hydrogens (primary N) is 1. The van der Waals surface area contributed by atoms with E-state index in [1.54, 1.807) is 17.0 Å². The van der Waals surface area contributed by atoms with Crippen LogP contribution in [0.4, 0.5) is 0 Å². The number of amides is 1. The Morgan fingerprint density at radius 1 is 1.26 bits per heavy atom. The molecule has 3 N–H and O–H groups in total.